The van der Waals surface area contributed by atoms with E-state index < -0.39 is 0 Å². The molecular formula is C16H17BrFNO. The zero-order valence-corrected chi connectivity index (χ0v) is 13.3. The van der Waals surface area contributed by atoms with Crippen LogP contribution in [0.1, 0.15) is 24.1 Å². The lowest BCUT2D eigenvalue weighted by Crippen LogP contribution is -2.09. The number of methoxy groups -OCH3 is 1. The van der Waals surface area contributed by atoms with E-state index in [0.717, 1.165) is 27.0 Å². The van der Waals surface area contributed by atoms with Crippen LogP contribution in [0, 0.1) is 12.7 Å². The molecule has 0 saturated heterocycles. The summed E-state index contributed by atoms with van der Waals surface area (Å²) in [6, 6.07) is 10.6. The zero-order chi connectivity index (χ0) is 14.7. The number of nitrogens with one attached hydrogen (secondary N) is 1. The second-order valence-electron chi connectivity index (χ2n) is 4.74. The highest BCUT2D eigenvalue weighted by Crippen LogP contribution is 2.31. The minimum absolute atomic E-state index is 0.00273. The van der Waals surface area contributed by atoms with Gasteiger partial charge in [-0.25, -0.2) is 4.39 Å². The first-order valence-electron chi connectivity index (χ1n) is 6.37. The summed E-state index contributed by atoms with van der Waals surface area (Å²) in [7, 11) is 1.65. The van der Waals surface area contributed by atoms with Crippen molar-refractivity contribution in [2.45, 2.75) is 19.9 Å². The summed E-state index contributed by atoms with van der Waals surface area (Å²) in [6.45, 7) is 4.06. The molecule has 1 atom stereocenters. The number of anilines is 1. The fraction of sp³-hybridized carbons (Fsp3) is 0.250. The summed E-state index contributed by atoms with van der Waals surface area (Å²) in [6.07, 6.45) is 0. The third-order valence-electron chi connectivity index (χ3n) is 3.15. The molecule has 4 heteroatoms. The van der Waals surface area contributed by atoms with Gasteiger partial charge in [-0.15, -0.1) is 0 Å². The molecular weight excluding hydrogens is 321 g/mol. The van der Waals surface area contributed by atoms with Gasteiger partial charge in [-0.3, -0.25) is 0 Å². The van der Waals surface area contributed by atoms with Crippen molar-refractivity contribution in [2.24, 2.45) is 0 Å². The van der Waals surface area contributed by atoms with Gasteiger partial charge in [0.1, 0.15) is 11.6 Å². The van der Waals surface area contributed by atoms with E-state index in [4.69, 9.17) is 4.74 Å². The van der Waals surface area contributed by atoms with Crippen molar-refractivity contribution >= 4 is 21.6 Å². The molecule has 0 radical (unpaired) electrons. The Hall–Kier alpha value is -1.55. The maximum Gasteiger partial charge on any atom is 0.125 e. The topological polar surface area (TPSA) is 21.3 Å². The molecule has 0 spiro atoms. The number of hydrogen-bond acceptors (Lipinski definition) is 2. The van der Waals surface area contributed by atoms with Crippen LogP contribution in [-0.2, 0) is 0 Å². The van der Waals surface area contributed by atoms with E-state index in [1.807, 2.05) is 26.0 Å². The Morgan fingerprint density at radius 2 is 1.95 bits per heavy atom. The molecule has 20 heavy (non-hydrogen) atoms. The van der Waals surface area contributed by atoms with Crippen LogP contribution in [0.3, 0.4) is 0 Å². The van der Waals surface area contributed by atoms with E-state index in [-0.39, 0.29) is 11.9 Å². The number of hydrogen-bond donors (Lipinski definition) is 1. The van der Waals surface area contributed by atoms with Crippen LogP contribution < -0.4 is 10.1 Å². The lowest BCUT2D eigenvalue weighted by atomic mass is 10.0. The number of benzene rings is 2. The van der Waals surface area contributed by atoms with Gasteiger partial charge < -0.3 is 10.1 Å². The molecule has 1 N–H and O–H groups in total. The molecule has 106 valence electrons. The van der Waals surface area contributed by atoms with Gasteiger partial charge in [-0.2, -0.15) is 0 Å². The Labute approximate surface area is 127 Å². The normalized spacial score (nSPS) is 12.1. The standard InChI is InChI=1S/C16H17BrFNO/c1-10-4-7-16(20-3)13(8-10)11(2)19-15-9-12(18)5-6-14(15)17/h4-9,11,19H,1-3H3. The Bertz CT molecular complexity index is 615. The third kappa shape index (κ3) is 3.31. The molecule has 1 unspecified atom stereocenters. The van der Waals surface area contributed by atoms with E-state index >= 15 is 0 Å². The Morgan fingerprint density at radius 1 is 1.20 bits per heavy atom. The molecule has 2 aromatic rings. The van der Waals surface area contributed by atoms with Crippen molar-refractivity contribution in [2.75, 3.05) is 12.4 Å². The predicted molar refractivity (Wildman–Crippen MR) is 83.9 cm³/mol. The number of aryl methyl sites for hydroxylation is 1. The van der Waals surface area contributed by atoms with Gasteiger partial charge in [0.2, 0.25) is 0 Å². The summed E-state index contributed by atoms with van der Waals surface area (Å²) < 4.78 is 19.5. The molecule has 0 aliphatic carbocycles. The first-order valence-corrected chi connectivity index (χ1v) is 7.16. The molecule has 0 aliphatic rings. The van der Waals surface area contributed by atoms with Crippen molar-refractivity contribution in [3.63, 3.8) is 0 Å². The Kier molecular flexibility index (Phi) is 4.65. The summed E-state index contributed by atoms with van der Waals surface area (Å²) in [5, 5.41) is 3.30. The fourth-order valence-electron chi connectivity index (χ4n) is 2.11. The highest BCUT2D eigenvalue weighted by Gasteiger charge is 2.13. The molecule has 2 nitrogen and oxygen atoms in total. The van der Waals surface area contributed by atoms with Crippen LogP contribution in [-0.4, -0.2) is 7.11 Å². The van der Waals surface area contributed by atoms with Gasteiger partial charge in [-0.05, 0) is 54.0 Å². The third-order valence-corrected chi connectivity index (χ3v) is 3.84. The molecule has 0 aliphatic heterocycles. The molecule has 2 rings (SSSR count). The second-order valence-corrected chi connectivity index (χ2v) is 5.59. The van der Waals surface area contributed by atoms with E-state index in [1.54, 1.807) is 13.2 Å². The molecule has 0 aromatic heterocycles. The van der Waals surface area contributed by atoms with Crippen molar-refractivity contribution in [3.05, 3.63) is 57.8 Å². The average Bonchev–Trinajstić information content (AvgIpc) is 2.42. The van der Waals surface area contributed by atoms with Gasteiger partial charge in [-0.1, -0.05) is 17.7 Å². The Balaban J connectivity index is 2.30. The lowest BCUT2D eigenvalue weighted by molar-refractivity contribution is 0.408. The Morgan fingerprint density at radius 3 is 2.65 bits per heavy atom. The van der Waals surface area contributed by atoms with Gasteiger partial charge in [0.05, 0.1) is 18.8 Å². The van der Waals surface area contributed by atoms with Crippen LogP contribution >= 0.6 is 15.9 Å². The molecule has 0 fully saturated rings. The monoisotopic (exact) mass is 337 g/mol. The van der Waals surface area contributed by atoms with Gasteiger partial charge in [0, 0.05) is 10.0 Å². The molecule has 0 heterocycles. The van der Waals surface area contributed by atoms with Crippen LogP contribution in [0.4, 0.5) is 10.1 Å². The smallest absolute Gasteiger partial charge is 0.125 e. The quantitative estimate of drug-likeness (QED) is 0.840. The number of rotatable bonds is 4. The lowest BCUT2D eigenvalue weighted by Gasteiger charge is -2.20. The van der Waals surface area contributed by atoms with Gasteiger partial charge in [0.25, 0.3) is 0 Å². The summed E-state index contributed by atoms with van der Waals surface area (Å²) in [4.78, 5) is 0. The average molecular weight is 338 g/mol. The van der Waals surface area contributed by atoms with Crippen LogP contribution in [0.15, 0.2) is 40.9 Å². The van der Waals surface area contributed by atoms with E-state index in [0.29, 0.717) is 0 Å². The SMILES string of the molecule is COc1ccc(C)cc1C(C)Nc1cc(F)ccc1Br. The first-order chi connectivity index (χ1) is 9.51. The zero-order valence-electron chi connectivity index (χ0n) is 11.7. The van der Waals surface area contributed by atoms with Crippen LogP contribution in [0.2, 0.25) is 0 Å². The van der Waals surface area contributed by atoms with Crippen molar-refractivity contribution in [1.29, 1.82) is 0 Å². The number of halogens is 2. The maximum absolute atomic E-state index is 13.3. The summed E-state index contributed by atoms with van der Waals surface area (Å²) in [5.74, 6) is 0.558. The van der Waals surface area contributed by atoms with E-state index in [2.05, 4.69) is 27.3 Å². The van der Waals surface area contributed by atoms with Crippen molar-refractivity contribution < 1.29 is 9.13 Å². The molecule has 0 amide bonds. The van der Waals surface area contributed by atoms with Crippen LogP contribution in [0.5, 0.6) is 5.75 Å². The minimum Gasteiger partial charge on any atom is -0.496 e. The predicted octanol–water partition coefficient (Wildman–Crippen LogP) is 5.08. The highest BCUT2D eigenvalue weighted by molar-refractivity contribution is 9.10. The van der Waals surface area contributed by atoms with Gasteiger partial charge in [0.15, 0.2) is 0 Å². The largest absolute Gasteiger partial charge is 0.496 e. The van der Waals surface area contributed by atoms with Crippen LogP contribution in [0.25, 0.3) is 0 Å². The second kappa shape index (κ2) is 6.27. The summed E-state index contributed by atoms with van der Waals surface area (Å²) >= 11 is 3.42. The minimum atomic E-state index is -0.265. The van der Waals surface area contributed by atoms with Gasteiger partial charge >= 0.3 is 0 Å². The summed E-state index contributed by atoms with van der Waals surface area (Å²) in [5.41, 5.74) is 2.93. The number of ether oxygens (including phenoxy) is 1. The highest BCUT2D eigenvalue weighted by atomic mass is 79.9. The maximum atomic E-state index is 13.3. The molecule has 0 bridgehead atoms. The molecule has 2 aromatic carbocycles. The first kappa shape index (κ1) is 14.9. The van der Waals surface area contributed by atoms with Crippen molar-refractivity contribution in [1.82, 2.24) is 0 Å². The van der Waals surface area contributed by atoms with Crippen molar-refractivity contribution in [3.8, 4) is 5.75 Å². The fourth-order valence-corrected chi connectivity index (χ4v) is 2.47. The van der Waals surface area contributed by atoms with E-state index in [1.165, 1.54) is 12.1 Å². The molecule has 0 saturated carbocycles. The van der Waals surface area contributed by atoms with E-state index in [9.17, 15) is 4.39 Å².